The maximum Gasteiger partial charge on any atom is 0.472 e. The molecule has 19 heteroatoms. The first-order valence-electron chi connectivity index (χ1n) is 41.9. The van der Waals surface area contributed by atoms with E-state index < -0.39 is 97.5 Å². The number of aliphatic hydroxyl groups is 1. The van der Waals surface area contributed by atoms with E-state index in [2.05, 4.69) is 48.5 Å². The van der Waals surface area contributed by atoms with Gasteiger partial charge in [0, 0.05) is 25.7 Å². The smallest absolute Gasteiger partial charge is 0.462 e. The summed E-state index contributed by atoms with van der Waals surface area (Å²) in [6.07, 6.45) is 59.9. The molecule has 0 aromatic rings. The predicted octanol–water partition coefficient (Wildman–Crippen LogP) is 24.1. The molecule has 0 aliphatic heterocycles. The molecule has 0 bridgehead atoms. The van der Waals surface area contributed by atoms with Gasteiger partial charge in [0.25, 0.3) is 0 Å². The van der Waals surface area contributed by atoms with Crippen molar-refractivity contribution in [3.8, 4) is 0 Å². The van der Waals surface area contributed by atoms with Crippen molar-refractivity contribution in [2.24, 2.45) is 17.8 Å². The summed E-state index contributed by atoms with van der Waals surface area (Å²) < 4.78 is 68.7. The second-order valence-corrected chi connectivity index (χ2v) is 33.3. The zero-order valence-electron chi connectivity index (χ0n) is 65.7. The van der Waals surface area contributed by atoms with E-state index in [9.17, 15) is 43.2 Å². The summed E-state index contributed by atoms with van der Waals surface area (Å²) >= 11 is 0. The van der Waals surface area contributed by atoms with Gasteiger partial charge in [-0.05, 0) is 43.4 Å². The highest BCUT2D eigenvalue weighted by molar-refractivity contribution is 7.47. The minimum Gasteiger partial charge on any atom is -0.462 e. The molecule has 3 N–H and O–H groups in total. The molecule has 17 nitrogen and oxygen atoms in total. The first-order valence-corrected chi connectivity index (χ1v) is 44.9. The van der Waals surface area contributed by atoms with Gasteiger partial charge in [0.05, 0.1) is 26.4 Å². The molecular weight excluding hydrogens is 1310 g/mol. The summed E-state index contributed by atoms with van der Waals surface area (Å²) in [5.74, 6) is 0.189. The number of aliphatic hydroxyl groups excluding tert-OH is 1. The molecule has 0 spiro atoms. The van der Waals surface area contributed by atoms with Crippen molar-refractivity contribution in [3.63, 3.8) is 0 Å². The van der Waals surface area contributed by atoms with Crippen molar-refractivity contribution in [2.45, 2.75) is 439 Å². The van der Waals surface area contributed by atoms with E-state index in [0.717, 1.165) is 108 Å². The summed E-state index contributed by atoms with van der Waals surface area (Å²) in [6, 6.07) is 0. The van der Waals surface area contributed by atoms with E-state index >= 15 is 0 Å². The van der Waals surface area contributed by atoms with E-state index in [1.165, 1.54) is 225 Å². The Kier molecular flexibility index (Phi) is 69.9. The molecule has 0 saturated heterocycles. The Hall–Kier alpha value is -1.94. The van der Waals surface area contributed by atoms with Crippen molar-refractivity contribution >= 4 is 39.5 Å². The average Bonchev–Trinajstić information content (AvgIpc) is 0.949. The number of carbonyl (C=O) groups is 4. The Labute approximate surface area is 613 Å². The number of hydrogen-bond donors (Lipinski definition) is 3. The van der Waals surface area contributed by atoms with Crippen LogP contribution in [0.5, 0.6) is 0 Å². The third-order valence-electron chi connectivity index (χ3n) is 19.2. The van der Waals surface area contributed by atoms with Crippen LogP contribution in [0.4, 0.5) is 0 Å². The Morgan fingerprint density at radius 1 is 0.290 bits per heavy atom. The Bertz CT molecular complexity index is 1940. The molecule has 594 valence electrons. The van der Waals surface area contributed by atoms with Crippen LogP contribution in [0.1, 0.15) is 421 Å². The largest absolute Gasteiger partial charge is 0.472 e. The van der Waals surface area contributed by atoms with Gasteiger partial charge in [0.2, 0.25) is 0 Å². The van der Waals surface area contributed by atoms with Gasteiger partial charge in [-0.2, -0.15) is 0 Å². The van der Waals surface area contributed by atoms with Crippen LogP contribution in [-0.2, 0) is 65.4 Å². The van der Waals surface area contributed by atoms with Crippen LogP contribution in [0.25, 0.3) is 0 Å². The third-order valence-corrected chi connectivity index (χ3v) is 21.1. The third kappa shape index (κ3) is 73.0. The number of phosphoric ester groups is 2. The highest BCUT2D eigenvalue weighted by Gasteiger charge is 2.30. The SMILES string of the molecule is CCCCCCCCCCCCCCCCCCC(=O)OC[C@H](COP(=O)(O)OC[C@@H](O)COP(=O)(O)OC[C@@H](COC(=O)CCCCCCCCC(C)C)OC(=O)CCCCCCCCCCCCC(C)C)OC(=O)CCCCCCCCCCCCCCCCCCCCC(C)CC. The summed E-state index contributed by atoms with van der Waals surface area (Å²) in [5, 5.41) is 10.6. The Morgan fingerprint density at radius 3 is 0.760 bits per heavy atom. The summed E-state index contributed by atoms with van der Waals surface area (Å²) in [6.45, 7) is 11.9. The van der Waals surface area contributed by atoms with Crippen LogP contribution in [0, 0.1) is 17.8 Å². The molecule has 0 saturated carbocycles. The van der Waals surface area contributed by atoms with Crippen molar-refractivity contribution in [1.29, 1.82) is 0 Å². The molecule has 3 unspecified atom stereocenters. The fraction of sp³-hybridized carbons (Fsp3) is 0.951. The molecule has 0 aliphatic rings. The van der Waals surface area contributed by atoms with Crippen molar-refractivity contribution in [1.82, 2.24) is 0 Å². The molecule has 0 aliphatic carbocycles. The quantitative estimate of drug-likeness (QED) is 0.0222. The van der Waals surface area contributed by atoms with Gasteiger partial charge in [0.1, 0.15) is 19.3 Å². The minimum absolute atomic E-state index is 0.105. The summed E-state index contributed by atoms with van der Waals surface area (Å²) in [5.41, 5.74) is 0. The van der Waals surface area contributed by atoms with E-state index in [1.807, 2.05) is 0 Å². The molecule has 0 aromatic carbocycles. The van der Waals surface area contributed by atoms with Crippen LogP contribution in [-0.4, -0.2) is 96.7 Å². The number of hydrogen-bond acceptors (Lipinski definition) is 15. The van der Waals surface area contributed by atoms with Gasteiger partial charge in [-0.25, -0.2) is 9.13 Å². The number of carbonyl (C=O) groups excluding carboxylic acids is 4. The normalized spacial score (nSPS) is 14.2. The molecule has 0 rings (SSSR count). The molecule has 0 aromatic heterocycles. The lowest BCUT2D eigenvalue weighted by Crippen LogP contribution is -2.30. The van der Waals surface area contributed by atoms with Crippen LogP contribution >= 0.6 is 15.6 Å². The molecule has 0 heterocycles. The van der Waals surface area contributed by atoms with E-state index in [4.69, 9.17) is 37.0 Å². The number of unbranched alkanes of at least 4 members (excludes halogenated alkanes) is 46. The Balaban J connectivity index is 5.20. The van der Waals surface area contributed by atoms with Gasteiger partial charge in [0.15, 0.2) is 12.2 Å². The molecule has 6 atom stereocenters. The predicted molar refractivity (Wildman–Crippen MR) is 409 cm³/mol. The zero-order valence-corrected chi connectivity index (χ0v) is 67.5. The van der Waals surface area contributed by atoms with Gasteiger partial charge in [-0.3, -0.25) is 37.3 Å². The van der Waals surface area contributed by atoms with Gasteiger partial charge < -0.3 is 33.8 Å². The Morgan fingerprint density at radius 2 is 0.510 bits per heavy atom. The molecule has 100 heavy (non-hydrogen) atoms. The average molecular weight is 1470 g/mol. The van der Waals surface area contributed by atoms with E-state index in [0.29, 0.717) is 31.6 Å². The van der Waals surface area contributed by atoms with Gasteiger partial charge in [-0.1, -0.05) is 370 Å². The van der Waals surface area contributed by atoms with Crippen LogP contribution < -0.4 is 0 Å². The monoisotopic (exact) mass is 1470 g/mol. The van der Waals surface area contributed by atoms with Crippen LogP contribution in [0.15, 0.2) is 0 Å². The van der Waals surface area contributed by atoms with Crippen molar-refractivity contribution < 1.29 is 80.2 Å². The summed E-state index contributed by atoms with van der Waals surface area (Å²) in [4.78, 5) is 72.9. The van der Waals surface area contributed by atoms with E-state index in [1.54, 1.807) is 0 Å². The van der Waals surface area contributed by atoms with Crippen molar-refractivity contribution in [3.05, 3.63) is 0 Å². The lowest BCUT2D eigenvalue weighted by Gasteiger charge is -2.21. The first kappa shape index (κ1) is 98.1. The number of rotatable bonds is 79. The molecule has 0 radical (unpaired) electrons. The highest BCUT2D eigenvalue weighted by Crippen LogP contribution is 2.45. The van der Waals surface area contributed by atoms with E-state index in [-0.39, 0.29) is 25.7 Å². The maximum absolute atomic E-state index is 13.1. The highest BCUT2D eigenvalue weighted by atomic mass is 31.2. The standard InChI is InChI=1S/C81H158O17P2/c1-8-10-11-12-13-14-15-16-17-23-26-29-35-40-48-55-62-78(83)91-68-76(97-80(85)64-57-50-41-36-30-27-24-21-19-18-20-22-25-28-34-39-47-54-61-74(7)9-2)70-95-99(87,88)93-66-75(82)67-94-100(89,90)96-71-77(69-92-79(84)63-56-49-44-43-46-53-60-73(5)6)98-81(86)65-58-51-42-37-32-31-33-38-45-52-59-72(3)4/h72-77,82H,8-71H2,1-7H3,(H,87,88)(H,89,90)/t74?,75-,76-,77-/m1/s1. The van der Waals surface area contributed by atoms with Gasteiger partial charge >= 0.3 is 39.5 Å². The summed E-state index contributed by atoms with van der Waals surface area (Å²) in [7, 11) is -9.92. The molecule has 0 amide bonds. The zero-order chi connectivity index (χ0) is 73.7. The van der Waals surface area contributed by atoms with Crippen LogP contribution in [0.3, 0.4) is 0 Å². The lowest BCUT2D eigenvalue weighted by molar-refractivity contribution is -0.161. The first-order chi connectivity index (χ1) is 48.3. The number of esters is 4. The van der Waals surface area contributed by atoms with Crippen LogP contribution in [0.2, 0.25) is 0 Å². The van der Waals surface area contributed by atoms with Crippen molar-refractivity contribution in [2.75, 3.05) is 39.6 Å². The number of ether oxygens (including phenoxy) is 4. The fourth-order valence-corrected chi connectivity index (χ4v) is 14.0. The second kappa shape index (κ2) is 71.3. The lowest BCUT2D eigenvalue weighted by atomic mass is 9.99. The minimum atomic E-state index is -4.96. The van der Waals surface area contributed by atoms with Gasteiger partial charge in [-0.15, -0.1) is 0 Å². The topological polar surface area (TPSA) is 237 Å². The fourth-order valence-electron chi connectivity index (χ4n) is 12.5. The molecular formula is C81H158O17P2. The second-order valence-electron chi connectivity index (χ2n) is 30.4. The maximum atomic E-state index is 13.1. The molecule has 0 fully saturated rings. The number of phosphoric acid groups is 2.